The van der Waals surface area contributed by atoms with Gasteiger partial charge in [-0.25, -0.2) is 17.8 Å². The molecule has 0 spiro atoms. The lowest BCUT2D eigenvalue weighted by molar-refractivity contribution is 0.102. The lowest BCUT2D eigenvalue weighted by Crippen LogP contribution is -2.18. The average Bonchev–Trinajstić information content (AvgIpc) is 3.28. The van der Waals surface area contributed by atoms with Crippen molar-refractivity contribution in [2.75, 3.05) is 17.1 Å². The smallest absolute Gasteiger partial charge is 0.261 e. The Kier molecular flexibility index (Phi) is 6.38. The minimum atomic E-state index is -3.93. The topological polar surface area (TPSA) is 97.4 Å². The van der Waals surface area contributed by atoms with Crippen LogP contribution >= 0.6 is 11.3 Å². The molecule has 7 nitrogen and oxygen atoms in total. The SMILES string of the molecule is COc1ccc(S(=O)(=O)Nc2ccccc2C(=O)Nc2nc(-c3ccc(F)cc3)cs2)cc1. The van der Waals surface area contributed by atoms with Gasteiger partial charge in [-0.2, -0.15) is 0 Å². The first kappa shape index (κ1) is 22.4. The Morgan fingerprint density at radius 3 is 2.39 bits per heavy atom. The number of hydrogen-bond donors (Lipinski definition) is 2. The van der Waals surface area contributed by atoms with Gasteiger partial charge < -0.3 is 4.74 Å². The van der Waals surface area contributed by atoms with Gasteiger partial charge in [0.2, 0.25) is 0 Å². The fraction of sp³-hybridized carbons (Fsp3) is 0.0435. The second-order valence-corrected chi connectivity index (χ2v) is 9.37. The van der Waals surface area contributed by atoms with Crippen LogP contribution in [-0.2, 0) is 10.0 Å². The van der Waals surface area contributed by atoms with Gasteiger partial charge in [-0.15, -0.1) is 11.3 Å². The predicted molar refractivity (Wildman–Crippen MR) is 126 cm³/mol. The predicted octanol–water partition coefficient (Wildman–Crippen LogP) is 5.01. The molecule has 0 fully saturated rings. The number of amides is 1. The lowest BCUT2D eigenvalue weighted by atomic mass is 10.2. The summed E-state index contributed by atoms with van der Waals surface area (Å²) in [6.07, 6.45) is 0. The Labute approximate surface area is 193 Å². The van der Waals surface area contributed by atoms with Crippen molar-refractivity contribution in [2.45, 2.75) is 4.90 Å². The van der Waals surface area contributed by atoms with Gasteiger partial charge in [-0.1, -0.05) is 12.1 Å². The van der Waals surface area contributed by atoms with Crippen molar-refractivity contribution in [3.63, 3.8) is 0 Å². The van der Waals surface area contributed by atoms with E-state index in [-0.39, 0.29) is 22.0 Å². The maximum absolute atomic E-state index is 13.1. The second kappa shape index (κ2) is 9.39. The number of rotatable bonds is 7. The standard InChI is InChI=1S/C23H18FN3O4S2/c1-31-17-10-12-18(13-11-17)33(29,30)27-20-5-3-2-4-19(20)22(28)26-23-25-21(14-32-23)15-6-8-16(24)9-7-15/h2-14,27H,1H3,(H,25,26,28). The molecule has 33 heavy (non-hydrogen) atoms. The molecule has 0 bridgehead atoms. The number of anilines is 2. The molecule has 0 unspecified atom stereocenters. The molecule has 4 aromatic rings. The quantitative estimate of drug-likeness (QED) is 0.385. The minimum Gasteiger partial charge on any atom is -0.497 e. The largest absolute Gasteiger partial charge is 0.497 e. The molecule has 3 aromatic carbocycles. The third kappa shape index (κ3) is 5.18. The normalized spacial score (nSPS) is 11.1. The van der Waals surface area contributed by atoms with E-state index in [4.69, 9.17) is 4.74 Å². The van der Waals surface area contributed by atoms with Crippen LogP contribution in [0, 0.1) is 5.82 Å². The molecule has 1 aromatic heterocycles. The van der Waals surface area contributed by atoms with Crippen LogP contribution in [0.4, 0.5) is 15.2 Å². The summed E-state index contributed by atoms with van der Waals surface area (Å²) in [4.78, 5) is 17.3. The lowest BCUT2D eigenvalue weighted by Gasteiger charge is -2.12. The molecule has 168 valence electrons. The van der Waals surface area contributed by atoms with Gasteiger partial charge in [-0.3, -0.25) is 14.8 Å². The van der Waals surface area contributed by atoms with E-state index in [1.54, 1.807) is 29.6 Å². The zero-order valence-electron chi connectivity index (χ0n) is 17.3. The molecule has 1 heterocycles. The third-order valence-corrected chi connectivity index (χ3v) is 6.79. The van der Waals surface area contributed by atoms with Crippen LogP contribution in [0.15, 0.2) is 83.1 Å². The van der Waals surface area contributed by atoms with Gasteiger partial charge in [0.05, 0.1) is 29.0 Å². The van der Waals surface area contributed by atoms with E-state index in [2.05, 4.69) is 15.0 Å². The van der Waals surface area contributed by atoms with Crippen molar-refractivity contribution < 1.29 is 22.3 Å². The van der Waals surface area contributed by atoms with Crippen LogP contribution in [0.2, 0.25) is 0 Å². The number of nitrogens with zero attached hydrogens (tertiary/aromatic N) is 1. The van der Waals surface area contributed by atoms with Gasteiger partial charge in [-0.05, 0) is 60.7 Å². The average molecular weight is 484 g/mol. The van der Waals surface area contributed by atoms with E-state index in [0.29, 0.717) is 22.1 Å². The highest BCUT2D eigenvalue weighted by molar-refractivity contribution is 7.92. The first-order chi connectivity index (χ1) is 15.9. The number of halogens is 1. The Morgan fingerprint density at radius 1 is 1.00 bits per heavy atom. The molecule has 0 atom stereocenters. The zero-order chi connectivity index (χ0) is 23.4. The monoisotopic (exact) mass is 483 g/mol. The van der Waals surface area contributed by atoms with Crippen molar-refractivity contribution in [2.24, 2.45) is 0 Å². The van der Waals surface area contributed by atoms with Crippen LogP contribution in [0.3, 0.4) is 0 Å². The number of carbonyl (C=O) groups excluding carboxylic acids is 1. The van der Waals surface area contributed by atoms with Crippen LogP contribution in [-0.4, -0.2) is 26.4 Å². The number of ether oxygens (including phenoxy) is 1. The number of hydrogen-bond acceptors (Lipinski definition) is 6. The van der Waals surface area contributed by atoms with Gasteiger partial charge in [0.15, 0.2) is 5.13 Å². The number of methoxy groups -OCH3 is 1. The van der Waals surface area contributed by atoms with Crippen molar-refractivity contribution in [3.05, 3.63) is 89.6 Å². The van der Waals surface area contributed by atoms with Gasteiger partial charge in [0.25, 0.3) is 15.9 Å². The molecule has 0 radical (unpaired) electrons. The zero-order valence-corrected chi connectivity index (χ0v) is 18.9. The Morgan fingerprint density at radius 2 is 1.70 bits per heavy atom. The number of para-hydroxylation sites is 1. The molecular formula is C23H18FN3O4S2. The summed E-state index contributed by atoms with van der Waals surface area (Å²) in [6.45, 7) is 0. The molecule has 1 amide bonds. The minimum absolute atomic E-state index is 0.0300. The molecule has 10 heteroatoms. The summed E-state index contributed by atoms with van der Waals surface area (Å²) in [6, 6.07) is 18.0. The van der Waals surface area contributed by atoms with Crippen molar-refractivity contribution in [1.82, 2.24) is 4.98 Å². The molecule has 0 aliphatic heterocycles. The van der Waals surface area contributed by atoms with E-state index in [1.807, 2.05) is 0 Å². The molecule has 0 saturated heterocycles. The third-order valence-electron chi connectivity index (χ3n) is 4.65. The van der Waals surface area contributed by atoms with E-state index < -0.39 is 15.9 Å². The van der Waals surface area contributed by atoms with Crippen LogP contribution < -0.4 is 14.8 Å². The van der Waals surface area contributed by atoms with E-state index in [9.17, 15) is 17.6 Å². The van der Waals surface area contributed by atoms with E-state index in [1.165, 1.54) is 67.0 Å². The summed E-state index contributed by atoms with van der Waals surface area (Å²) in [7, 11) is -2.44. The Bertz CT molecular complexity index is 1390. The number of benzene rings is 3. The molecule has 4 rings (SSSR count). The fourth-order valence-corrected chi connectivity index (χ4v) is 4.77. The number of aromatic nitrogens is 1. The van der Waals surface area contributed by atoms with E-state index >= 15 is 0 Å². The van der Waals surface area contributed by atoms with Crippen molar-refractivity contribution in [1.29, 1.82) is 0 Å². The maximum Gasteiger partial charge on any atom is 0.261 e. The molecular weight excluding hydrogens is 465 g/mol. The summed E-state index contributed by atoms with van der Waals surface area (Å²) in [5.41, 5.74) is 1.55. The summed E-state index contributed by atoms with van der Waals surface area (Å²) < 4.78 is 46.2. The Balaban J connectivity index is 1.53. The summed E-state index contributed by atoms with van der Waals surface area (Å²) in [5.74, 6) is -0.351. The highest BCUT2D eigenvalue weighted by Crippen LogP contribution is 2.27. The number of carbonyl (C=O) groups is 1. The highest BCUT2D eigenvalue weighted by atomic mass is 32.2. The van der Waals surface area contributed by atoms with Crippen LogP contribution in [0.1, 0.15) is 10.4 Å². The molecule has 2 N–H and O–H groups in total. The second-order valence-electron chi connectivity index (χ2n) is 6.83. The van der Waals surface area contributed by atoms with Crippen molar-refractivity contribution in [3.8, 4) is 17.0 Å². The number of sulfonamides is 1. The first-order valence-electron chi connectivity index (χ1n) is 9.64. The molecule has 0 saturated carbocycles. The van der Waals surface area contributed by atoms with Crippen LogP contribution in [0.25, 0.3) is 11.3 Å². The summed E-state index contributed by atoms with van der Waals surface area (Å²) >= 11 is 1.20. The van der Waals surface area contributed by atoms with Crippen molar-refractivity contribution >= 4 is 38.1 Å². The van der Waals surface area contributed by atoms with Gasteiger partial charge in [0.1, 0.15) is 11.6 Å². The highest BCUT2D eigenvalue weighted by Gasteiger charge is 2.19. The van der Waals surface area contributed by atoms with Gasteiger partial charge in [0, 0.05) is 10.9 Å². The maximum atomic E-state index is 13.1. The first-order valence-corrected chi connectivity index (χ1v) is 12.0. The Hall–Kier alpha value is -3.76. The molecule has 0 aliphatic carbocycles. The van der Waals surface area contributed by atoms with E-state index in [0.717, 1.165) is 0 Å². The fourth-order valence-electron chi connectivity index (χ4n) is 2.98. The number of nitrogens with one attached hydrogen (secondary N) is 2. The van der Waals surface area contributed by atoms with Gasteiger partial charge >= 0.3 is 0 Å². The number of thiazole rings is 1. The molecule has 0 aliphatic rings. The summed E-state index contributed by atoms with van der Waals surface area (Å²) in [5, 5.41) is 4.75. The van der Waals surface area contributed by atoms with Crippen LogP contribution in [0.5, 0.6) is 5.75 Å².